The number of pyridine rings is 1. The van der Waals surface area contributed by atoms with E-state index < -0.39 is 5.97 Å². The lowest BCUT2D eigenvalue weighted by molar-refractivity contribution is -0.704. The Hall–Kier alpha value is -1.38. The minimum Gasteiger partial charge on any atom is -0.481 e. The van der Waals surface area contributed by atoms with Gasteiger partial charge < -0.3 is 5.11 Å². The zero-order valence-electron chi connectivity index (χ0n) is 11.5. The maximum absolute atomic E-state index is 10.9. The molecule has 0 unspecified atom stereocenters. The average Bonchev–Trinajstić information content (AvgIpc) is 2.34. The van der Waals surface area contributed by atoms with Gasteiger partial charge in [-0.1, -0.05) is 26.7 Å². The molecular formula is C15H24NO2+. The molecule has 1 rings (SSSR count). The molecule has 1 N–H and O–H groups in total. The number of hydrogen-bond acceptors (Lipinski definition) is 1. The third-order valence-electron chi connectivity index (χ3n) is 3.09. The molecule has 0 saturated carbocycles. The summed E-state index contributed by atoms with van der Waals surface area (Å²) in [4.78, 5) is 10.9. The molecular weight excluding hydrogens is 226 g/mol. The topological polar surface area (TPSA) is 41.2 Å². The lowest BCUT2D eigenvalue weighted by Crippen LogP contribution is -2.39. The number of nitrogens with zero attached hydrogens (tertiary/aromatic N) is 1. The number of carboxylic acids is 1. The van der Waals surface area contributed by atoms with Crippen LogP contribution in [0.3, 0.4) is 0 Å². The van der Waals surface area contributed by atoms with Gasteiger partial charge in [0, 0.05) is 18.6 Å². The van der Waals surface area contributed by atoms with Crippen LogP contribution in [0.2, 0.25) is 0 Å². The molecule has 0 fully saturated rings. The molecule has 3 nitrogen and oxygen atoms in total. The second-order valence-corrected chi connectivity index (χ2v) is 4.75. The Morgan fingerprint density at radius 2 is 2.00 bits per heavy atom. The summed E-state index contributed by atoms with van der Waals surface area (Å²) in [7, 11) is 0. The fourth-order valence-electron chi connectivity index (χ4n) is 2.02. The van der Waals surface area contributed by atoms with Crippen LogP contribution in [0, 0.1) is 0 Å². The van der Waals surface area contributed by atoms with Gasteiger partial charge in [0.2, 0.25) is 0 Å². The highest BCUT2D eigenvalue weighted by molar-refractivity contribution is 5.69. The monoisotopic (exact) mass is 250 g/mol. The van der Waals surface area contributed by atoms with Crippen molar-refractivity contribution in [3.63, 3.8) is 0 Å². The highest BCUT2D eigenvalue weighted by atomic mass is 16.4. The van der Waals surface area contributed by atoms with Gasteiger partial charge in [0.25, 0.3) is 0 Å². The van der Waals surface area contributed by atoms with Gasteiger partial charge in [-0.3, -0.25) is 4.79 Å². The van der Waals surface area contributed by atoms with Crippen molar-refractivity contribution in [3.05, 3.63) is 29.6 Å². The van der Waals surface area contributed by atoms with Crippen LogP contribution in [-0.4, -0.2) is 11.1 Å². The molecule has 0 radical (unpaired) electrons. The predicted molar refractivity (Wildman–Crippen MR) is 71.5 cm³/mol. The molecule has 100 valence electrons. The van der Waals surface area contributed by atoms with E-state index in [9.17, 15) is 4.79 Å². The first kappa shape index (κ1) is 14.7. The smallest absolute Gasteiger partial charge is 0.314 e. The van der Waals surface area contributed by atoms with Crippen molar-refractivity contribution in [2.75, 3.05) is 0 Å². The minimum absolute atomic E-state index is 0.115. The van der Waals surface area contributed by atoms with Gasteiger partial charge in [-0.05, 0) is 18.4 Å². The Morgan fingerprint density at radius 1 is 1.28 bits per heavy atom. The normalized spacial score (nSPS) is 10.6. The summed E-state index contributed by atoms with van der Waals surface area (Å²) in [5, 5.41) is 8.97. The molecule has 0 bridgehead atoms. The Labute approximate surface area is 109 Å². The van der Waals surface area contributed by atoms with Gasteiger partial charge in [0.05, 0.1) is 0 Å². The van der Waals surface area contributed by atoms with Gasteiger partial charge in [-0.25, -0.2) is 4.57 Å². The van der Waals surface area contributed by atoms with E-state index in [1.165, 1.54) is 12.0 Å². The fraction of sp³-hybridized carbons (Fsp3) is 0.600. The third kappa shape index (κ3) is 4.86. The highest BCUT2D eigenvalue weighted by Crippen LogP contribution is 2.06. The molecule has 0 aliphatic rings. The number of rotatable bonds is 8. The van der Waals surface area contributed by atoms with Gasteiger partial charge in [0.15, 0.2) is 11.9 Å². The second-order valence-electron chi connectivity index (χ2n) is 4.75. The largest absolute Gasteiger partial charge is 0.481 e. The van der Waals surface area contributed by atoms with E-state index in [-0.39, 0.29) is 6.42 Å². The number of carboxylic acid groups (broad SMARTS) is 1. The zero-order valence-corrected chi connectivity index (χ0v) is 11.5. The van der Waals surface area contributed by atoms with Crippen LogP contribution in [0.5, 0.6) is 0 Å². The maximum atomic E-state index is 10.9. The Balaban J connectivity index is 2.85. The number of unbranched alkanes of at least 4 members (excludes halogenated alkanes) is 2. The number of aryl methyl sites for hydroxylation is 2. The Bertz CT molecular complexity index is 388. The van der Waals surface area contributed by atoms with Gasteiger partial charge in [0.1, 0.15) is 13.0 Å². The van der Waals surface area contributed by atoms with E-state index in [0.717, 1.165) is 37.9 Å². The van der Waals surface area contributed by atoms with E-state index in [4.69, 9.17) is 5.11 Å². The molecule has 0 atom stereocenters. The average molecular weight is 250 g/mol. The molecule has 0 saturated heterocycles. The first-order chi connectivity index (χ1) is 8.67. The third-order valence-corrected chi connectivity index (χ3v) is 3.09. The first-order valence-corrected chi connectivity index (χ1v) is 6.90. The lowest BCUT2D eigenvalue weighted by atomic mass is 10.1. The molecule has 1 aromatic rings. The van der Waals surface area contributed by atoms with Crippen molar-refractivity contribution in [1.82, 2.24) is 0 Å². The Morgan fingerprint density at radius 3 is 2.61 bits per heavy atom. The van der Waals surface area contributed by atoms with Gasteiger partial charge >= 0.3 is 5.97 Å². The molecule has 18 heavy (non-hydrogen) atoms. The van der Waals surface area contributed by atoms with Crippen molar-refractivity contribution < 1.29 is 14.5 Å². The summed E-state index contributed by atoms with van der Waals surface area (Å²) in [6, 6.07) is 4.18. The molecule has 3 heteroatoms. The zero-order chi connectivity index (χ0) is 13.4. The van der Waals surface area contributed by atoms with Crippen molar-refractivity contribution >= 4 is 5.97 Å². The van der Waals surface area contributed by atoms with Crippen LogP contribution in [0.25, 0.3) is 0 Å². The number of carbonyl (C=O) groups is 1. The molecule has 0 aromatic carbocycles. The fourth-order valence-corrected chi connectivity index (χ4v) is 2.02. The maximum Gasteiger partial charge on any atom is 0.314 e. The quantitative estimate of drug-likeness (QED) is 0.721. The SMILES string of the molecule is CCCCc1cc[n+](CCCC)c(CC(=O)O)c1. The minimum atomic E-state index is -0.757. The summed E-state index contributed by atoms with van der Waals surface area (Å²) in [6.45, 7) is 5.22. The van der Waals surface area contributed by atoms with Gasteiger partial charge in [-0.15, -0.1) is 0 Å². The predicted octanol–water partition coefficient (Wildman–Crippen LogP) is 2.74. The van der Waals surface area contributed by atoms with Crippen LogP contribution in [-0.2, 0) is 24.2 Å². The first-order valence-electron chi connectivity index (χ1n) is 6.90. The van der Waals surface area contributed by atoms with Gasteiger partial charge in [-0.2, -0.15) is 0 Å². The standard InChI is InChI=1S/C15H23NO2/c1-3-5-7-13-8-10-16(9-6-4-2)14(11-13)12-15(17)18/h8,10-11H,3-7,9,12H2,1-2H3/p+1. The van der Waals surface area contributed by atoms with Crippen molar-refractivity contribution in [2.24, 2.45) is 0 Å². The summed E-state index contributed by atoms with van der Waals surface area (Å²) in [6.07, 6.45) is 7.73. The van der Waals surface area contributed by atoms with E-state index in [1.807, 2.05) is 6.20 Å². The summed E-state index contributed by atoms with van der Waals surface area (Å²) < 4.78 is 2.08. The number of hydrogen-bond donors (Lipinski definition) is 1. The van der Waals surface area contributed by atoms with Crippen molar-refractivity contribution in [1.29, 1.82) is 0 Å². The van der Waals surface area contributed by atoms with Crippen LogP contribution >= 0.6 is 0 Å². The molecule has 1 aromatic heterocycles. The number of aliphatic carboxylic acids is 1. The van der Waals surface area contributed by atoms with Crippen LogP contribution in [0.1, 0.15) is 50.8 Å². The Kier molecular flexibility index (Phi) is 6.40. The molecule has 0 amide bonds. The van der Waals surface area contributed by atoms with Crippen LogP contribution < -0.4 is 4.57 Å². The van der Waals surface area contributed by atoms with E-state index in [2.05, 4.69) is 30.5 Å². The summed E-state index contributed by atoms with van der Waals surface area (Å²) in [5.74, 6) is -0.757. The molecule has 1 heterocycles. The van der Waals surface area contributed by atoms with Crippen LogP contribution in [0.4, 0.5) is 0 Å². The number of aromatic nitrogens is 1. The highest BCUT2D eigenvalue weighted by Gasteiger charge is 2.14. The molecule has 0 aliphatic heterocycles. The van der Waals surface area contributed by atoms with Crippen LogP contribution in [0.15, 0.2) is 18.3 Å². The summed E-state index contributed by atoms with van der Waals surface area (Å²) in [5.41, 5.74) is 2.17. The second kappa shape index (κ2) is 7.85. The van der Waals surface area contributed by atoms with E-state index >= 15 is 0 Å². The van der Waals surface area contributed by atoms with E-state index in [1.54, 1.807) is 0 Å². The molecule has 0 spiro atoms. The van der Waals surface area contributed by atoms with E-state index in [0.29, 0.717) is 0 Å². The molecule has 0 aliphatic carbocycles. The lowest BCUT2D eigenvalue weighted by Gasteiger charge is -2.05. The summed E-state index contributed by atoms with van der Waals surface area (Å²) >= 11 is 0. The van der Waals surface area contributed by atoms with Crippen molar-refractivity contribution in [2.45, 2.75) is 58.9 Å². The van der Waals surface area contributed by atoms with Crippen molar-refractivity contribution in [3.8, 4) is 0 Å².